The van der Waals surface area contributed by atoms with Crippen LogP contribution in [0, 0.1) is 0 Å². The molecule has 2 N–H and O–H groups in total. The topological polar surface area (TPSA) is 101 Å². The van der Waals surface area contributed by atoms with Gasteiger partial charge >= 0.3 is 5.97 Å². The molecule has 1 rings (SSSR count). The first-order valence-electron chi connectivity index (χ1n) is 6.32. The van der Waals surface area contributed by atoms with E-state index in [1.165, 1.54) is 0 Å². The SMILES string of the molecule is CCCC[C@H](NS(=O)(=O)c1cnn(CC(F)F)c1)C(=O)O. The highest BCUT2D eigenvalue weighted by molar-refractivity contribution is 7.89. The smallest absolute Gasteiger partial charge is 0.321 e. The van der Waals surface area contributed by atoms with Crippen LogP contribution in [0.3, 0.4) is 0 Å². The number of halogens is 2. The van der Waals surface area contributed by atoms with E-state index in [1.807, 2.05) is 11.6 Å². The average molecular weight is 325 g/mol. The van der Waals surface area contributed by atoms with E-state index >= 15 is 0 Å². The van der Waals surface area contributed by atoms with Crippen molar-refractivity contribution in [1.82, 2.24) is 14.5 Å². The number of carboxylic acid groups (broad SMARTS) is 1. The van der Waals surface area contributed by atoms with Crippen LogP contribution in [0.15, 0.2) is 17.3 Å². The van der Waals surface area contributed by atoms with E-state index in [1.54, 1.807) is 0 Å². The molecule has 0 aliphatic carbocycles. The molecule has 0 fully saturated rings. The van der Waals surface area contributed by atoms with Crippen LogP contribution in [0.2, 0.25) is 0 Å². The standard InChI is InChI=1S/C11H17F2N3O4S/c1-2-3-4-9(11(17)18)15-21(19,20)8-5-14-16(6-8)7-10(12)13/h5-6,9-10,15H,2-4,7H2,1H3,(H,17,18)/t9-/m0/s1. The second-order valence-electron chi connectivity index (χ2n) is 4.44. The largest absolute Gasteiger partial charge is 0.480 e. The van der Waals surface area contributed by atoms with Crippen LogP contribution >= 0.6 is 0 Å². The molecule has 7 nitrogen and oxygen atoms in total. The minimum atomic E-state index is -4.11. The molecule has 10 heteroatoms. The zero-order chi connectivity index (χ0) is 16.0. The number of alkyl halides is 2. The monoisotopic (exact) mass is 325 g/mol. The van der Waals surface area contributed by atoms with E-state index in [2.05, 4.69) is 5.10 Å². The predicted octanol–water partition coefficient (Wildman–Crippen LogP) is 1.07. The maximum absolute atomic E-state index is 12.2. The van der Waals surface area contributed by atoms with Gasteiger partial charge in [-0.15, -0.1) is 0 Å². The van der Waals surface area contributed by atoms with Gasteiger partial charge in [0.05, 0.1) is 6.20 Å². The summed E-state index contributed by atoms with van der Waals surface area (Å²) in [6, 6.07) is -1.26. The number of sulfonamides is 1. The molecule has 0 radical (unpaired) electrons. The molecule has 0 saturated heterocycles. The minimum absolute atomic E-state index is 0.149. The molecule has 0 bridgehead atoms. The number of aromatic nitrogens is 2. The van der Waals surface area contributed by atoms with Crippen LogP contribution in [-0.2, 0) is 21.4 Å². The first kappa shape index (κ1) is 17.5. The maximum atomic E-state index is 12.2. The molecular formula is C11H17F2N3O4S. The molecule has 1 atom stereocenters. The molecule has 1 heterocycles. The molecule has 0 amide bonds. The fraction of sp³-hybridized carbons (Fsp3) is 0.636. The number of aliphatic carboxylic acids is 1. The number of carboxylic acids is 1. The van der Waals surface area contributed by atoms with Crippen LogP contribution in [0.5, 0.6) is 0 Å². The van der Waals surface area contributed by atoms with Crippen molar-refractivity contribution in [3.63, 3.8) is 0 Å². The normalized spacial score (nSPS) is 13.5. The van der Waals surface area contributed by atoms with Gasteiger partial charge in [-0.3, -0.25) is 9.48 Å². The Balaban J connectivity index is 2.84. The van der Waals surface area contributed by atoms with E-state index < -0.39 is 35.0 Å². The van der Waals surface area contributed by atoms with Crippen molar-refractivity contribution in [3.05, 3.63) is 12.4 Å². The van der Waals surface area contributed by atoms with E-state index in [0.29, 0.717) is 6.42 Å². The molecule has 0 spiro atoms. The number of rotatable bonds is 9. The van der Waals surface area contributed by atoms with Gasteiger partial charge in [0.1, 0.15) is 17.5 Å². The summed E-state index contributed by atoms with van der Waals surface area (Å²) in [6.45, 7) is 1.12. The van der Waals surface area contributed by atoms with E-state index in [0.717, 1.165) is 23.5 Å². The van der Waals surface area contributed by atoms with E-state index in [4.69, 9.17) is 5.11 Å². The van der Waals surface area contributed by atoms with Gasteiger partial charge in [0.15, 0.2) is 0 Å². The first-order valence-corrected chi connectivity index (χ1v) is 7.80. The molecule has 0 aromatic carbocycles. The minimum Gasteiger partial charge on any atom is -0.480 e. The van der Waals surface area contributed by atoms with Gasteiger partial charge in [0.2, 0.25) is 10.0 Å². The summed E-state index contributed by atoms with van der Waals surface area (Å²) in [5, 5.41) is 12.5. The van der Waals surface area contributed by atoms with Crippen LogP contribution in [0.4, 0.5) is 8.78 Å². The second kappa shape index (κ2) is 7.46. The molecule has 0 unspecified atom stereocenters. The van der Waals surface area contributed by atoms with Crippen LogP contribution in [-0.4, -0.2) is 41.7 Å². The average Bonchev–Trinajstić information content (AvgIpc) is 2.82. The Morgan fingerprint density at radius 3 is 2.71 bits per heavy atom. The van der Waals surface area contributed by atoms with Crippen molar-refractivity contribution in [1.29, 1.82) is 0 Å². The highest BCUT2D eigenvalue weighted by Crippen LogP contribution is 2.11. The molecule has 0 aliphatic heterocycles. The fourth-order valence-electron chi connectivity index (χ4n) is 1.62. The van der Waals surface area contributed by atoms with Crippen molar-refractivity contribution in [2.24, 2.45) is 0 Å². The van der Waals surface area contributed by atoms with Gasteiger partial charge in [-0.25, -0.2) is 17.2 Å². The van der Waals surface area contributed by atoms with Gasteiger partial charge < -0.3 is 5.11 Å². The summed E-state index contributed by atoms with van der Waals surface area (Å²) in [6.07, 6.45) is 0.597. The summed E-state index contributed by atoms with van der Waals surface area (Å²) in [7, 11) is -4.11. The second-order valence-corrected chi connectivity index (χ2v) is 6.16. The number of hydrogen-bond donors (Lipinski definition) is 2. The summed E-state index contributed by atoms with van der Waals surface area (Å²) in [5.41, 5.74) is 0. The van der Waals surface area contributed by atoms with Gasteiger partial charge in [-0.1, -0.05) is 19.8 Å². The quantitative estimate of drug-likeness (QED) is 0.707. The van der Waals surface area contributed by atoms with Crippen LogP contribution in [0.25, 0.3) is 0 Å². The van der Waals surface area contributed by atoms with Crippen molar-refractivity contribution < 1.29 is 27.1 Å². The Labute approximate surface area is 121 Å². The summed E-state index contributed by atoms with van der Waals surface area (Å²) in [4.78, 5) is 10.7. The molecule has 1 aromatic rings. The fourth-order valence-corrected chi connectivity index (χ4v) is 2.80. The number of hydrogen-bond acceptors (Lipinski definition) is 4. The van der Waals surface area contributed by atoms with Crippen molar-refractivity contribution >= 4 is 16.0 Å². The molecule has 120 valence electrons. The Morgan fingerprint density at radius 1 is 1.52 bits per heavy atom. The lowest BCUT2D eigenvalue weighted by Crippen LogP contribution is -2.40. The van der Waals surface area contributed by atoms with Crippen molar-refractivity contribution in [2.45, 2.75) is 50.1 Å². The lowest BCUT2D eigenvalue weighted by atomic mass is 10.1. The van der Waals surface area contributed by atoms with Gasteiger partial charge in [-0.05, 0) is 6.42 Å². The number of unbranched alkanes of at least 4 members (excludes halogenated alkanes) is 1. The van der Waals surface area contributed by atoms with Crippen LogP contribution < -0.4 is 4.72 Å². The highest BCUT2D eigenvalue weighted by Gasteiger charge is 2.26. The zero-order valence-electron chi connectivity index (χ0n) is 11.4. The molecule has 21 heavy (non-hydrogen) atoms. The summed E-state index contributed by atoms with van der Waals surface area (Å²) < 4.78 is 51.2. The molecule has 0 aliphatic rings. The third kappa shape index (κ3) is 5.38. The Bertz CT molecular complexity index is 574. The Hall–Kier alpha value is -1.55. The maximum Gasteiger partial charge on any atom is 0.321 e. The predicted molar refractivity (Wildman–Crippen MR) is 69.5 cm³/mol. The van der Waals surface area contributed by atoms with Crippen LogP contribution in [0.1, 0.15) is 26.2 Å². The van der Waals surface area contributed by atoms with Crippen molar-refractivity contribution in [3.8, 4) is 0 Å². The van der Waals surface area contributed by atoms with Crippen molar-refractivity contribution in [2.75, 3.05) is 0 Å². The number of nitrogens with zero attached hydrogens (tertiary/aromatic N) is 2. The third-order valence-electron chi connectivity index (χ3n) is 2.69. The lowest BCUT2D eigenvalue weighted by molar-refractivity contribution is -0.139. The third-order valence-corrected chi connectivity index (χ3v) is 4.11. The molecular weight excluding hydrogens is 308 g/mol. The lowest BCUT2D eigenvalue weighted by Gasteiger charge is -2.13. The van der Waals surface area contributed by atoms with Gasteiger partial charge in [-0.2, -0.15) is 9.82 Å². The number of nitrogens with one attached hydrogen (secondary N) is 1. The summed E-state index contributed by atoms with van der Waals surface area (Å²) >= 11 is 0. The first-order chi connectivity index (χ1) is 9.76. The summed E-state index contributed by atoms with van der Waals surface area (Å²) in [5.74, 6) is -1.29. The zero-order valence-corrected chi connectivity index (χ0v) is 12.2. The van der Waals surface area contributed by atoms with Gasteiger partial charge in [0, 0.05) is 6.20 Å². The molecule has 1 aromatic heterocycles. The van der Waals surface area contributed by atoms with E-state index in [9.17, 15) is 22.0 Å². The van der Waals surface area contributed by atoms with Gasteiger partial charge in [0.25, 0.3) is 6.43 Å². The number of carbonyl (C=O) groups is 1. The Morgan fingerprint density at radius 2 is 2.19 bits per heavy atom. The molecule has 0 saturated carbocycles. The Kier molecular flexibility index (Phi) is 6.21. The van der Waals surface area contributed by atoms with E-state index in [-0.39, 0.29) is 11.3 Å². The highest BCUT2D eigenvalue weighted by atomic mass is 32.2.